The zero-order valence-electron chi connectivity index (χ0n) is 18.7. The number of halogens is 3. The van der Waals surface area contributed by atoms with Crippen molar-refractivity contribution in [2.24, 2.45) is 5.92 Å². The topological polar surface area (TPSA) is 76.6 Å². The number of aromatic nitrogens is 2. The van der Waals surface area contributed by atoms with Crippen LogP contribution in [0.3, 0.4) is 0 Å². The summed E-state index contributed by atoms with van der Waals surface area (Å²) in [6.07, 6.45) is -1.30. The second kappa shape index (κ2) is 9.38. The summed E-state index contributed by atoms with van der Waals surface area (Å²) in [5, 5.41) is 3.75. The molecule has 1 amide bonds. The fraction of sp³-hybridized carbons (Fsp3) is 0.591. The quantitative estimate of drug-likeness (QED) is 0.655. The van der Waals surface area contributed by atoms with Crippen LogP contribution < -0.4 is 10.1 Å². The number of anilines is 1. The van der Waals surface area contributed by atoms with E-state index < -0.39 is 12.0 Å². The summed E-state index contributed by atoms with van der Waals surface area (Å²) >= 11 is 0. The maximum absolute atomic E-state index is 12.7. The number of hydrogen-bond donors (Lipinski definition) is 1. The van der Waals surface area contributed by atoms with Gasteiger partial charge in [0.15, 0.2) is 5.75 Å². The van der Waals surface area contributed by atoms with Gasteiger partial charge in [0.1, 0.15) is 23.3 Å². The molecular weight excluding hydrogens is 425 g/mol. The summed E-state index contributed by atoms with van der Waals surface area (Å²) in [7, 11) is 0. The Morgan fingerprint density at radius 3 is 2.53 bits per heavy atom. The van der Waals surface area contributed by atoms with E-state index in [9.17, 15) is 18.0 Å². The number of alkyl halides is 3. The number of nitrogens with one attached hydrogen (secondary N) is 1. The Hall–Kier alpha value is -2.78. The molecular formula is C22H29F3N4O3. The number of ether oxygens (including phenoxy) is 2. The minimum absolute atomic E-state index is 0.0263. The maximum atomic E-state index is 12.7. The van der Waals surface area contributed by atoms with Crippen LogP contribution in [0.4, 0.5) is 23.8 Å². The molecule has 1 aliphatic rings. The fourth-order valence-corrected chi connectivity index (χ4v) is 3.85. The van der Waals surface area contributed by atoms with E-state index in [0.717, 1.165) is 19.3 Å². The van der Waals surface area contributed by atoms with Crippen molar-refractivity contribution in [1.29, 1.82) is 0 Å². The number of carbonyl (C=O) groups is 1. The third-order valence-corrected chi connectivity index (χ3v) is 5.19. The zero-order chi connectivity index (χ0) is 23.5. The van der Waals surface area contributed by atoms with Crippen molar-refractivity contribution in [2.75, 3.05) is 18.4 Å². The molecule has 7 nitrogen and oxygen atoms in total. The Morgan fingerprint density at radius 2 is 1.91 bits per heavy atom. The number of carbonyl (C=O) groups excluding carboxylic acids is 1. The SMILES string of the molecule is C[C@@H](CC1CCN(C(=O)OC(C)(C)C)CC1)Nc1ncnc2c(OC(F)(F)F)cccc12. The molecule has 0 aliphatic carbocycles. The summed E-state index contributed by atoms with van der Waals surface area (Å²) in [5.41, 5.74) is -0.419. The Balaban J connectivity index is 1.59. The van der Waals surface area contributed by atoms with E-state index >= 15 is 0 Å². The number of hydrogen-bond acceptors (Lipinski definition) is 6. The summed E-state index contributed by atoms with van der Waals surface area (Å²) < 4.78 is 47.6. The van der Waals surface area contributed by atoms with Crippen LogP contribution in [0.1, 0.15) is 47.0 Å². The molecule has 3 rings (SSSR count). The monoisotopic (exact) mass is 454 g/mol. The van der Waals surface area contributed by atoms with Gasteiger partial charge >= 0.3 is 12.5 Å². The van der Waals surface area contributed by atoms with Gasteiger partial charge in [0.2, 0.25) is 0 Å². The molecule has 0 spiro atoms. The summed E-state index contributed by atoms with van der Waals surface area (Å²) in [6, 6.07) is 4.40. The van der Waals surface area contributed by atoms with Gasteiger partial charge in [-0.15, -0.1) is 13.2 Å². The van der Waals surface area contributed by atoms with Crippen LogP contribution in [0.2, 0.25) is 0 Å². The summed E-state index contributed by atoms with van der Waals surface area (Å²) in [5.74, 6) is 0.511. The number of para-hydroxylation sites is 1. The molecule has 1 aliphatic heterocycles. The van der Waals surface area contributed by atoms with Crippen LogP contribution >= 0.6 is 0 Å². The molecule has 0 unspecified atom stereocenters. The van der Waals surface area contributed by atoms with Crippen molar-refractivity contribution in [3.8, 4) is 5.75 Å². The number of nitrogens with zero attached hydrogens (tertiary/aromatic N) is 3. The van der Waals surface area contributed by atoms with Crippen molar-refractivity contribution in [3.63, 3.8) is 0 Å². The first-order chi connectivity index (χ1) is 14.9. The molecule has 0 saturated carbocycles. The van der Waals surface area contributed by atoms with Crippen LogP contribution in [-0.4, -0.2) is 52.1 Å². The number of fused-ring (bicyclic) bond motifs is 1. The van der Waals surface area contributed by atoms with Crippen molar-refractivity contribution in [2.45, 2.75) is 65.0 Å². The lowest BCUT2D eigenvalue weighted by molar-refractivity contribution is -0.274. The standard InChI is InChI=1S/C22H29F3N4O3/c1-14(12-15-8-10-29(11-9-15)20(30)32-21(2,3)4)28-19-16-6-5-7-17(31-22(23,24)25)18(16)26-13-27-19/h5-7,13-15H,8-12H2,1-4H3,(H,26,27,28)/t14-/m0/s1. The predicted molar refractivity (Wildman–Crippen MR) is 114 cm³/mol. The van der Waals surface area contributed by atoms with Crippen LogP contribution in [0.5, 0.6) is 5.75 Å². The van der Waals surface area contributed by atoms with Gasteiger partial charge in [-0.1, -0.05) is 6.07 Å². The van der Waals surface area contributed by atoms with Crippen LogP contribution in [0.25, 0.3) is 10.9 Å². The minimum atomic E-state index is -4.80. The lowest BCUT2D eigenvalue weighted by Crippen LogP contribution is -2.42. The van der Waals surface area contributed by atoms with Gasteiger partial charge in [0.25, 0.3) is 0 Å². The highest BCUT2D eigenvalue weighted by Crippen LogP contribution is 2.32. The molecule has 1 aromatic carbocycles. The molecule has 1 atom stereocenters. The highest BCUT2D eigenvalue weighted by atomic mass is 19.4. The largest absolute Gasteiger partial charge is 0.573 e. The molecule has 0 bridgehead atoms. The van der Waals surface area contributed by atoms with E-state index in [1.165, 1.54) is 18.5 Å². The van der Waals surface area contributed by atoms with Gasteiger partial charge in [0.05, 0.1) is 0 Å². The number of likely N-dealkylation sites (tertiary alicyclic amines) is 1. The molecule has 1 saturated heterocycles. The van der Waals surface area contributed by atoms with Crippen molar-refractivity contribution in [3.05, 3.63) is 24.5 Å². The lowest BCUT2D eigenvalue weighted by atomic mass is 9.91. The fourth-order valence-electron chi connectivity index (χ4n) is 3.85. The van der Waals surface area contributed by atoms with E-state index in [1.807, 2.05) is 27.7 Å². The highest BCUT2D eigenvalue weighted by Gasteiger charge is 2.32. The van der Waals surface area contributed by atoms with Crippen LogP contribution in [0, 0.1) is 5.92 Å². The zero-order valence-corrected chi connectivity index (χ0v) is 18.7. The van der Waals surface area contributed by atoms with Crippen molar-refractivity contribution >= 4 is 22.8 Å². The Bertz CT molecular complexity index is 938. The minimum Gasteiger partial charge on any atom is -0.444 e. The number of amides is 1. The van der Waals surface area contributed by atoms with Gasteiger partial charge < -0.3 is 19.7 Å². The predicted octanol–water partition coefficient (Wildman–Crippen LogP) is 5.37. The second-order valence-electron chi connectivity index (χ2n) is 9.11. The van der Waals surface area contributed by atoms with Gasteiger partial charge in [-0.2, -0.15) is 0 Å². The maximum Gasteiger partial charge on any atom is 0.573 e. The second-order valence-corrected chi connectivity index (χ2v) is 9.11. The van der Waals surface area contributed by atoms with E-state index in [2.05, 4.69) is 20.0 Å². The van der Waals surface area contributed by atoms with E-state index in [1.54, 1.807) is 11.0 Å². The Kier molecular flexibility index (Phi) is 7.00. The van der Waals surface area contributed by atoms with Crippen molar-refractivity contribution < 1.29 is 27.4 Å². The van der Waals surface area contributed by atoms with Gasteiger partial charge in [-0.05, 0) is 65.0 Å². The summed E-state index contributed by atoms with van der Waals surface area (Å²) in [4.78, 5) is 22.1. The first kappa shape index (κ1) is 23.9. The average Bonchev–Trinajstić information content (AvgIpc) is 2.67. The van der Waals surface area contributed by atoms with E-state index in [4.69, 9.17) is 4.74 Å². The highest BCUT2D eigenvalue weighted by molar-refractivity contribution is 5.92. The summed E-state index contributed by atoms with van der Waals surface area (Å²) in [6.45, 7) is 8.83. The number of rotatable bonds is 5. The van der Waals surface area contributed by atoms with Crippen molar-refractivity contribution in [1.82, 2.24) is 14.9 Å². The Morgan fingerprint density at radius 1 is 1.22 bits per heavy atom. The number of piperidine rings is 1. The molecule has 0 radical (unpaired) electrons. The van der Waals surface area contributed by atoms with Crippen LogP contribution in [-0.2, 0) is 4.74 Å². The Labute approximate surface area is 185 Å². The first-order valence-corrected chi connectivity index (χ1v) is 10.7. The van der Waals surface area contributed by atoms with E-state index in [0.29, 0.717) is 30.2 Å². The van der Waals surface area contributed by atoms with Gasteiger partial charge in [-0.25, -0.2) is 14.8 Å². The molecule has 32 heavy (non-hydrogen) atoms. The normalized spacial score (nSPS) is 16.7. The molecule has 2 heterocycles. The molecule has 2 aromatic rings. The smallest absolute Gasteiger partial charge is 0.444 e. The molecule has 1 N–H and O–H groups in total. The average molecular weight is 454 g/mol. The number of benzene rings is 1. The molecule has 10 heteroatoms. The molecule has 176 valence electrons. The molecule has 1 fully saturated rings. The third-order valence-electron chi connectivity index (χ3n) is 5.19. The van der Waals surface area contributed by atoms with E-state index in [-0.39, 0.29) is 23.4 Å². The van der Waals surface area contributed by atoms with Crippen LogP contribution in [0.15, 0.2) is 24.5 Å². The third kappa shape index (κ3) is 6.61. The lowest BCUT2D eigenvalue weighted by Gasteiger charge is -2.34. The molecule has 1 aromatic heterocycles. The van der Waals surface area contributed by atoms with Gasteiger partial charge in [-0.3, -0.25) is 0 Å². The first-order valence-electron chi connectivity index (χ1n) is 10.7. The van der Waals surface area contributed by atoms with Gasteiger partial charge in [0, 0.05) is 24.5 Å².